The third kappa shape index (κ3) is 2.78. The van der Waals surface area contributed by atoms with Crippen LogP contribution in [-0.4, -0.2) is 37.2 Å². The summed E-state index contributed by atoms with van der Waals surface area (Å²) in [6, 6.07) is 5.06. The van der Waals surface area contributed by atoms with Gasteiger partial charge in [-0.05, 0) is 38.8 Å². The molecule has 5 nitrogen and oxygen atoms in total. The number of amides is 1. The van der Waals surface area contributed by atoms with Crippen LogP contribution in [0.4, 0.5) is 5.69 Å². The predicted molar refractivity (Wildman–Crippen MR) is 79.2 cm³/mol. The first-order valence-electron chi connectivity index (χ1n) is 6.93. The number of ether oxygens (including phenoxy) is 2. The minimum atomic E-state index is -0.836. The van der Waals surface area contributed by atoms with E-state index in [2.05, 4.69) is 0 Å². The summed E-state index contributed by atoms with van der Waals surface area (Å²) in [5.41, 5.74) is 1.78. The molecule has 0 bridgehead atoms. The Morgan fingerprint density at radius 3 is 2.29 bits per heavy atom. The van der Waals surface area contributed by atoms with E-state index in [0.717, 1.165) is 16.8 Å². The fourth-order valence-corrected chi connectivity index (χ4v) is 2.42. The summed E-state index contributed by atoms with van der Waals surface area (Å²) in [7, 11) is 1.32. The number of esters is 1. The van der Waals surface area contributed by atoms with Crippen molar-refractivity contribution < 1.29 is 19.1 Å². The van der Waals surface area contributed by atoms with Crippen molar-refractivity contribution in [3.63, 3.8) is 0 Å². The number of anilines is 1. The van der Waals surface area contributed by atoms with Gasteiger partial charge >= 0.3 is 5.97 Å². The summed E-state index contributed by atoms with van der Waals surface area (Å²) in [4.78, 5) is 26.2. The van der Waals surface area contributed by atoms with Crippen molar-refractivity contribution in [2.24, 2.45) is 0 Å². The molecule has 21 heavy (non-hydrogen) atoms. The second kappa shape index (κ2) is 5.48. The van der Waals surface area contributed by atoms with Gasteiger partial charge in [0.25, 0.3) is 5.91 Å². The first kappa shape index (κ1) is 15.5. The van der Waals surface area contributed by atoms with Crippen LogP contribution >= 0.6 is 0 Å². The Morgan fingerprint density at radius 1 is 1.33 bits per heavy atom. The highest BCUT2D eigenvalue weighted by Crippen LogP contribution is 2.34. The number of para-hydroxylation sites is 1. The van der Waals surface area contributed by atoms with Gasteiger partial charge in [-0.2, -0.15) is 0 Å². The lowest BCUT2D eigenvalue weighted by molar-refractivity contribution is -0.143. The standard InChI is InChI=1S/C16H21NO4/c1-10-7-6-8-11(2)13(10)17(12(3)14(18)20-5)15(19)16(4)9-21-16/h6-8,12H,9H2,1-5H3/t12-,16?/m0/s1. The van der Waals surface area contributed by atoms with E-state index >= 15 is 0 Å². The van der Waals surface area contributed by atoms with E-state index < -0.39 is 17.6 Å². The fourth-order valence-electron chi connectivity index (χ4n) is 2.42. The summed E-state index contributed by atoms with van der Waals surface area (Å²) in [6.45, 7) is 7.62. The summed E-state index contributed by atoms with van der Waals surface area (Å²) in [5, 5.41) is 0. The van der Waals surface area contributed by atoms with Crippen molar-refractivity contribution in [3.05, 3.63) is 29.3 Å². The van der Waals surface area contributed by atoms with E-state index in [9.17, 15) is 9.59 Å². The molecule has 1 aliphatic rings. The first-order chi connectivity index (χ1) is 9.81. The van der Waals surface area contributed by atoms with Crippen LogP contribution < -0.4 is 4.90 Å². The number of nitrogens with zero attached hydrogens (tertiary/aromatic N) is 1. The zero-order valence-electron chi connectivity index (χ0n) is 13.1. The maximum Gasteiger partial charge on any atom is 0.328 e. The van der Waals surface area contributed by atoms with E-state index in [0.29, 0.717) is 6.61 Å². The normalized spacial score (nSPS) is 21.6. The van der Waals surface area contributed by atoms with Gasteiger partial charge in [0.2, 0.25) is 0 Å². The van der Waals surface area contributed by atoms with Crippen molar-refractivity contribution >= 4 is 17.6 Å². The number of rotatable bonds is 4. The smallest absolute Gasteiger partial charge is 0.328 e. The van der Waals surface area contributed by atoms with E-state index in [1.165, 1.54) is 12.0 Å². The molecule has 1 amide bonds. The molecule has 0 spiro atoms. The Hall–Kier alpha value is -1.88. The van der Waals surface area contributed by atoms with E-state index in [1.54, 1.807) is 13.8 Å². The molecule has 1 heterocycles. The fraction of sp³-hybridized carbons (Fsp3) is 0.500. The molecule has 2 rings (SSSR count). The third-order valence-corrected chi connectivity index (χ3v) is 3.86. The van der Waals surface area contributed by atoms with E-state index in [4.69, 9.17) is 9.47 Å². The number of carbonyl (C=O) groups excluding carboxylic acids is 2. The lowest BCUT2D eigenvalue weighted by Crippen LogP contribution is -2.49. The van der Waals surface area contributed by atoms with Crippen LogP contribution in [0.1, 0.15) is 25.0 Å². The highest BCUT2D eigenvalue weighted by atomic mass is 16.6. The molecule has 1 unspecified atom stereocenters. The summed E-state index contributed by atoms with van der Waals surface area (Å²) in [5.74, 6) is -0.659. The third-order valence-electron chi connectivity index (χ3n) is 3.86. The second-order valence-electron chi connectivity index (χ2n) is 5.63. The molecular weight excluding hydrogens is 270 g/mol. The van der Waals surface area contributed by atoms with Gasteiger partial charge in [0.15, 0.2) is 5.60 Å². The van der Waals surface area contributed by atoms with Crippen LogP contribution in [0.3, 0.4) is 0 Å². The molecule has 1 fully saturated rings. The van der Waals surface area contributed by atoms with Crippen molar-refractivity contribution in [1.82, 2.24) is 0 Å². The molecule has 0 N–H and O–H groups in total. The van der Waals surface area contributed by atoms with Crippen LogP contribution in [0.15, 0.2) is 18.2 Å². The van der Waals surface area contributed by atoms with Crippen molar-refractivity contribution in [1.29, 1.82) is 0 Å². The van der Waals surface area contributed by atoms with Gasteiger partial charge in [0, 0.05) is 0 Å². The topological polar surface area (TPSA) is 59.1 Å². The Morgan fingerprint density at radius 2 is 1.86 bits per heavy atom. The molecule has 1 saturated heterocycles. The number of epoxide rings is 1. The van der Waals surface area contributed by atoms with Crippen LogP contribution in [0.2, 0.25) is 0 Å². The molecule has 1 aliphatic heterocycles. The molecule has 0 radical (unpaired) electrons. The van der Waals surface area contributed by atoms with E-state index in [1.807, 2.05) is 32.0 Å². The van der Waals surface area contributed by atoms with Crippen LogP contribution in [-0.2, 0) is 19.1 Å². The Bertz CT molecular complexity index is 557. The van der Waals surface area contributed by atoms with Gasteiger partial charge in [-0.1, -0.05) is 18.2 Å². The minimum Gasteiger partial charge on any atom is -0.467 e. The van der Waals surface area contributed by atoms with E-state index in [-0.39, 0.29) is 5.91 Å². The van der Waals surface area contributed by atoms with Gasteiger partial charge < -0.3 is 9.47 Å². The maximum atomic E-state index is 12.8. The number of carbonyl (C=O) groups is 2. The second-order valence-corrected chi connectivity index (χ2v) is 5.63. The SMILES string of the molecule is COC(=O)[C@H](C)N(C(=O)C1(C)CO1)c1c(C)cccc1C. The zero-order valence-corrected chi connectivity index (χ0v) is 13.1. The quantitative estimate of drug-likeness (QED) is 0.629. The van der Waals surface area contributed by atoms with Crippen molar-refractivity contribution in [2.75, 3.05) is 18.6 Å². The largest absolute Gasteiger partial charge is 0.467 e. The van der Waals surface area contributed by atoms with Crippen molar-refractivity contribution in [2.45, 2.75) is 39.3 Å². The molecule has 2 atom stereocenters. The number of aryl methyl sites for hydroxylation is 2. The average molecular weight is 291 g/mol. The number of hydrogen-bond acceptors (Lipinski definition) is 4. The van der Waals surface area contributed by atoms with Gasteiger partial charge in [-0.25, -0.2) is 4.79 Å². The summed E-state index contributed by atoms with van der Waals surface area (Å²) >= 11 is 0. The number of hydrogen-bond donors (Lipinski definition) is 0. The Kier molecular flexibility index (Phi) is 4.05. The Labute approximate surface area is 124 Å². The molecule has 5 heteroatoms. The molecular formula is C16H21NO4. The minimum absolute atomic E-state index is 0.210. The highest BCUT2D eigenvalue weighted by molar-refractivity contribution is 6.05. The zero-order chi connectivity index (χ0) is 15.8. The molecule has 0 aromatic heterocycles. The molecule has 0 saturated carbocycles. The maximum absolute atomic E-state index is 12.8. The number of benzene rings is 1. The van der Waals surface area contributed by atoms with Crippen LogP contribution in [0.5, 0.6) is 0 Å². The van der Waals surface area contributed by atoms with Gasteiger partial charge in [0.05, 0.1) is 19.4 Å². The number of methoxy groups -OCH3 is 1. The van der Waals surface area contributed by atoms with Crippen LogP contribution in [0.25, 0.3) is 0 Å². The first-order valence-corrected chi connectivity index (χ1v) is 6.93. The lowest BCUT2D eigenvalue weighted by atomic mass is 10.0. The monoisotopic (exact) mass is 291 g/mol. The lowest BCUT2D eigenvalue weighted by Gasteiger charge is -2.31. The summed E-state index contributed by atoms with van der Waals surface area (Å²) in [6.07, 6.45) is 0. The summed E-state index contributed by atoms with van der Waals surface area (Å²) < 4.78 is 10.1. The predicted octanol–water partition coefficient (Wildman–Crippen LogP) is 1.99. The van der Waals surface area contributed by atoms with Gasteiger partial charge in [-0.15, -0.1) is 0 Å². The van der Waals surface area contributed by atoms with Crippen molar-refractivity contribution in [3.8, 4) is 0 Å². The Balaban J connectivity index is 2.50. The highest BCUT2D eigenvalue weighted by Gasteiger charge is 2.51. The average Bonchev–Trinajstić information content (AvgIpc) is 3.20. The molecule has 1 aromatic carbocycles. The van der Waals surface area contributed by atoms with Gasteiger partial charge in [-0.3, -0.25) is 9.69 Å². The van der Waals surface area contributed by atoms with Crippen LogP contribution in [0, 0.1) is 13.8 Å². The molecule has 1 aromatic rings. The van der Waals surface area contributed by atoms with Gasteiger partial charge in [0.1, 0.15) is 6.04 Å². The molecule has 114 valence electrons. The molecule has 0 aliphatic carbocycles.